The topological polar surface area (TPSA) is 103 Å². The number of aromatic nitrogens is 2. The molecule has 1 aromatic heterocycles. The Morgan fingerprint density at radius 3 is 2.54 bits per heavy atom. The molecule has 0 radical (unpaired) electrons. The molecule has 0 atom stereocenters. The van der Waals surface area contributed by atoms with Gasteiger partial charge in [-0.15, -0.1) is 0 Å². The lowest BCUT2D eigenvalue weighted by Gasteiger charge is -2.11. The molecule has 0 bridgehead atoms. The first-order chi connectivity index (χ1) is 18.1. The van der Waals surface area contributed by atoms with Crippen LogP contribution in [0.5, 0.6) is 5.75 Å². The summed E-state index contributed by atoms with van der Waals surface area (Å²) in [7, 11) is 1.51. The molecule has 180 valence electrons. The first-order valence-corrected chi connectivity index (χ1v) is 11.6. The number of nitrogens with zero attached hydrogens (tertiary/aromatic N) is 2. The molecule has 0 unspecified atom stereocenters. The Bertz CT molecular complexity index is 1650. The van der Waals surface area contributed by atoms with Crippen molar-refractivity contribution in [3.05, 3.63) is 113 Å². The van der Waals surface area contributed by atoms with Crippen LogP contribution in [0.4, 0.5) is 17.1 Å². The van der Waals surface area contributed by atoms with Crippen LogP contribution in [-0.2, 0) is 0 Å². The number of benzene rings is 4. The summed E-state index contributed by atoms with van der Waals surface area (Å²) >= 11 is 0. The van der Waals surface area contributed by atoms with E-state index in [1.807, 2.05) is 85.0 Å². The zero-order valence-electron chi connectivity index (χ0n) is 20.0. The van der Waals surface area contributed by atoms with E-state index < -0.39 is 0 Å². The molecule has 0 aliphatic carbocycles. The highest BCUT2D eigenvalue weighted by Crippen LogP contribution is 2.26. The quantitative estimate of drug-likeness (QED) is 0.241. The predicted octanol–water partition coefficient (Wildman–Crippen LogP) is 6.61. The number of nitrogens with one attached hydrogen (secondary N) is 3. The molecule has 5 rings (SSSR count). The van der Waals surface area contributed by atoms with Crippen LogP contribution in [0, 0.1) is 11.3 Å². The number of carbonyl (C=O) groups excluding carboxylic acids is 1. The van der Waals surface area contributed by atoms with Crippen molar-refractivity contribution in [2.75, 3.05) is 17.7 Å². The second kappa shape index (κ2) is 10.5. The number of nitriles is 1. The largest absolute Gasteiger partial charge is 0.497 e. The van der Waals surface area contributed by atoms with Crippen molar-refractivity contribution in [3.63, 3.8) is 0 Å². The number of rotatable bonds is 7. The molecule has 37 heavy (non-hydrogen) atoms. The van der Waals surface area contributed by atoms with Crippen LogP contribution in [-0.4, -0.2) is 23.2 Å². The number of H-pyrrole nitrogens is 1. The molecule has 0 aliphatic rings. The zero-order chi connectivity index (χ0) is 25.6. The third kappa shape index (κ3) is 5.34. The summed E-state index contributed by atoms with van der Waals surface area (Å²) in [5, 5.41) is 24.2. The van der Waals surface area contributed by atoms with E-state index in [-0.39, 0.29) is 17.0 Å². The monoisotopic (exact) mass is 485 g/mol. The highest BCUT2D eigenvalue weighted by molar-refractivity contribution is 6.06. The summed E-state index contributed by atoms with van der Waals surface area (Å²) in [6.45, 7) is 0. The Hall–Kier alpha value is -5.35. The molecule has 0 aliphatic heterocycles. The molecule has 7 heteroatoms. The molecule has 5 aromatic rings. The van der Waals surface area contributed by atoms with E-state index in [1.165, 1.54) is 7.11 Å². The van der Waals surface area contributed by atoms with E-state index in [0.717, 1.165) is 33.5 Å². The summed E-state index contributed by atoms with van der Waals surface area (Å²) in [5.74, 6) is 0.120. The first kappa shape index (κ1) is 23.4. The summed E-state index contributed by atoms with van der Waals surface area (Å²) in [6.07, 6.45) is 4.03. The third-order valence-electron chi connectivity index (χ3n) is 5.83. The average molecular weight is 486 g/mol. The van der Waals surface area contributed by atoms with Crippen molar-refractivity contribution in [1.82, 2.24) is 10.2 Å². The van der Waals surface area contributed by atoms with Gasteiger partial charge in [0.2, 0.25) is 0 Å². The SMILES string of the molecule is COc1ccc(C#N)c(C(=O)Nc2cccc(Nc3ccc4c(/C=C/c5ccccc5)n[nH]c4c3)c2)c1. The Morgan fingerprint density at radius 2 is 1.73 bits per heavy atom. The smallest absolute Gasteiger partial charge is 0.257 e. The summed E-state index contributed by atoms with van der Waals surface area (Å²) in [4.78, 5) is 12.9. The molecule has 3 N–H and O–H groups in total. The zero-order valence-corrected chi connectivity index (χ0v) is 20.0. The average Bonchev–Trinajstić information content (AvgIpc) is 3.34. The number of aromatic amines is 1. The predicted molar refractivity (Wildman–Crippen MR) is 147 cm³/mol. The van der Waals surface area contributed by atoms with Gasteiger partial charge in [-0.05, 0) is 66.2 Å². The van der Waals surface area contributed by atoms with Gasteiger partial charge in [-0.2, -0.15) is 10.4 Å². The summed E-state index contributed by atoms with van der Waals surface area (Å²) in [5.41, 5.74) is 5.68. The van der Waals surface area contributed by atoms with Gasteiger partial charge in [0.25, 0.3) is 5.91 Å². The van der Waals surface area contributed by atoms with Crippen LogP contribution in [0.1, 0.15) is 27.2 Å². The van der Waals surface area contributed by atoms with Crippen molar-refractivity contribution in [2.45, 2.75) is 0 Å². The molecule has 0 spiro atoms. The number of ether oxygens (including phenoxy) is 1. The fourth-order valence-electron chi connectivity index (χ4n) is 3.96. The molecule has 0 saturated heterocycles. The highest BCUT2D eigenvalue weighted by Gasteiger charge is 2.13. The Labute approximate surface area is 214 Å². The van der Waals surface area contributed by atoms with Gasteiger partial charge < -0.3 is 15.4 Å². The van der Waals surface area contributed by atoms with Gasteiger partial charge in [0.05, 0.1) is 35.5 Å². The number of methoxy groups -OCH3 is 1. The Balaban J connectivity index is 1.31. The summed E-state index contributed by atoms with van der Waals surface area (Å²) < 4.78 is 5.20. The fraction of sp³-hybridized carbons (Fsp3) is 0.0333. The lowest BCUT2D eigenvalue weighted by atomic mass is 10.1. The van der Waals surface area contributed by atoms with E-state index in [4.69, 9.17) is 4.74 Å². The molecule has 0 fully saturated rings. The van der Waals surface area contributed by atoms with E-state index in [9.17, 15) is 10.1 Å². The second-order valence-electron chi connectivity index (χ2n) is 8.30. The number of anilines is 3. The van der Waals surface area contributed by atoms with Crippen LogP contribution in [0.3, 0.4) is 0 Å². The van der Waals surface area contributed by atoms with E-state index >= 15 is 0 Å². The van der Waals surface area contributed by atoms with E-state index in [2.05, 4.69) is 20.8 Å². The van der Waals surface area contributed by atoms with Crippen molar-refractivity contribution in [3.8, 4) is 11.8 Å². The van der Waals surface area contributed by atoms with Crippen molar-refractivity contribution < 1.29 is 9.53 Å². The van der Waals surface area contributed by atoms with Crippen LogP contribution in [0.25, 0.3) is 23.1 Å². The molecule has 1 heterocycles. The van der Waals surface area contributed by atoms with Crippen LogP contribution in [0.15, 0.2) is 91.0 Å². The standard InChI is InChI=1S/C30H23N5O2/c1-37-25-13-11-21(19-31)27(18-25)30(36)33-23-9-5-8-22(16-23)32-24-12-14-26-28(34-35-29(26)17-24)15-10-20-6-3-2-4-7-20/h2-18,32H,1H3,(H,33,36)(H,34,35)/b15-10+. The van der Waals surface area contributed by atoms with Crippen molar-refractivity contribution in [1.29, 1.82) is 5.26 Å². The van der Waals surface area contributed by atoms with Gasteiger partial charge in [0.15, 0.2) is 0 Å². The van der Waals surface area contributed by atoms with E-state index in [0.29, 0.717) is 11.4 Å². The van der Waals surface area contributed by atoms with Crippen molar-refractivity contribution in [2.24, 2.45) is 0 Å². The number of carbonyl (C=O) groups is 1. The van der Waals surface area contributed by atoms with Crippen LogP contribution >= 0.6 is 0 Å². The first-order valence-electron chi connectivity index (χ1n) is 11.6. The molecular weight excluding hydrogens is 462 g/mol. The van der Waals surface area contributed by atoms with E-state index in [1.54, 1.807) is 24.3 Å². The van der Waals surface area contributed by atoms with Crippen molar-refractivity contribution >= 4 is 46.0 Å². The third-order valence-corrected chi connectivity index (χ3v) is 5.83. The minimum absolute atomic E-state index is 0.252. The Kier molecular flexibility index (Phi) is 6.64. The lowest BCUT2D eigenvalue weighted by Crippen LogP contribution is -2.13. The number of amides is 1. The second-order valence-corrected chi connectivity index (χ2v) is 8.30. The minimum atomic E-state index is -0.387. The highest BCUT2D eigenvalue weighted by atomic mass is 16.5. The molecule has 4 aromatic carbocycles. The fourth-order valence-corrected chi connectivity index (χ4v) is 3.96. The number of hydrogen-bond acceptors (Lipinski definition) is 5. The van der Waals surface area contributed by atoms with Gasteiger partial charge in [0.1, 0.15) is 5.75 Å². The molecule has 7 nitrogen and oxygen atoms in total. The van der Waals surface area contributed by atoms with Gasteiger partial charge in [-0.25, -0.2) is 0 Å². The maximum atomic E-state index is 12.9. The molecule has 1 amide bonds. The number of fused-ring (bicyclic) bond motifs is 1. The lowest BCUT2D eigenvalue weighted by molar-refractivity contribution is 0.102. The number of hydrogen-bond donors (Lipinski definition) is 3. The van der Waals surface area contributed by atoms with Crippen LogP contribution in [0.2, 0.25) is 0 Å². The van der Waals surface area contributed by atoms with Gasteiger partial charge in [-0.1, -0.05) is 42.5 Å². The van der Waals surface area contributed by atoms with Gasteiger partial charge in [0, 0.05) is 22.4 Å². The molecular formula is C30H23N5O2. The molecule has 0 saturated carbocycles. The maximum Gasteiger partial charge on any atom is 0.257 e. The Morgan fingerprint density at radius 1 is 0.919 bits per heavy atom. The van der Waals surface area contributed by atoms with Gasteiger partial charge >= 0.3 is 0 Å². The van der Waals surface area contributed by atoms with Gasteiger partial charge in [-0.3, -0.25) is 9.89 Å². The van der Waals surface area contributed by atoms with Crippen LogP contribution < -0.4 is 15.4 Å². The maximum absolute atomic E-state index is 12.9. The normalized spacial score (nSPS) is 10.8. The summed E-state index contributed by atoms with van der Waals surface area (Å²) in [6, 6.07) is 30.3. The minimum Gasteiger partial charge on any atom is -0.497 e.